The van der Waals surface area contributed by atoms with Gasteiger partial charge in [-0.2, -0.15) is 0 Å². The van der Waals surface area contributed by atoms with Crippen molar-refractivity contribution in [3.8, 4) is 5.75 Å². The first kappa shape index (κ1) is 25.2. The average molecular weight is 500 g/mol. The summed E-state index contributed by atoms with van der Waals surface area (Å²) in [5.74, 6) is 0.722. The Kier molecular flexibility index (Phi) is 9.86. The summed E-state index contributed by atoms with van der Waals surface area (Å²) >= 11 is 0.194. The number of para-hydroxylation sites is 1. The van der Waals surface area contributed by atoms with Gasteiger partial charge in [-0.15, -0.1) is 0 Å². The van der Waals surface area contributed by atoms with Crippen molar-refractivity contribution in [3.63, 3.8) is 0 Å². The minimum atomic E-state index is 0.194. The van der Waals surface area contributed by atoms with Gasteiger partial charge in [-0.05, 0) is 70.0 Å². The van der Waals surface area contributed by atoms with Crippen LogP contribution in [0.5, 0.6) is 5.75 Å². The first-order valence-electron chi connectivity index (χ1n) is 9.70. The molecule has 166 valence electrons. The number of hydrogen-bond acceptors (Lipinski definition) is 3. The molecule has 0 amide bonds. The normalized spacial score (nSPS) is 11.9. The van der Waals surface area contributed by atoms with Crippen molar-refractivity contribution in [2.75, 3.05) is 0 Å². The molecule has 0 bridgehead atoms. The maximum atomic E-state index is 5.53. The zero-order valence-corrected chi connectivity index (χ0v) is 21.2. The van der Waals surface area contributed by atoms with E-state index in [0.717, 1.165) is 34.2 Å². The van der Waals surface area contributed by atoms with E-state index < -0.39 is 0 Å². The first-order chi connectivity index (χ1) is 14.8. The van der Waals surface area contributed by atoms with E-state index in [4.69, 9.17) is 30.0 Å². The minimum absolute atomic E-state index is 0.194. The number of aliphatic imine (C=N–C) groups is 1. The number of oxime groups is 1. The molecule has 0 saturated heterocycles. The molecule has 1 aromatic heterocycles. The Morgan fingerprint density at radius 3 is 1.94 bits per heavy atom. The molecule has 0 saturated carbocycles. The molecule has 7 heteroatoms. The van der Waals surface area contributed by atoms with Crippen molar-refractivity contribution >= 4 is 37.3 Å². The molecule has 0 fully saturated rings. The first-order valence-corrected chi connectivity index (χ1v) is 12.7. The van der Waals surface area contributed by atoms with Crippen molar-refractivity contribution in [1.82, 2.24) is 4.57 Å². The summed E-state index contributed by atoms with van der Waals surface area (Å²) in [5.41, 5.74) is 8.54. The molecular weight excluding hydrogens is 473 g/mol. The average Bonchev–Trinajstić information content (AvgIpc) is 3.11. The van der Waals surface area contributed by atoms with Crippen LogP contribution in [-0.4, -0.2) is 16.0 Å². The van der Waals surface area contributed by atoms with Gasteiger partial charge in [0.15, 0.2) is 5.75 Å². The van der Waals surface area contributed by atoms with Crippen molar-refractivity contribution in [3.05, 3.63) is 82.7 Å². The molecule has 1 heterocycles. The summed E-state index contributed by atoms with van der Waals surface area (Å²) < 4.78 is 2.10. The second-order valence-electron chi connectivity index (χ2n) is 7.24. The van der Waals surface area contributed by atoms with E-state index in [1.165, 1.54) is 16.7 Å². The third-order valence-electron chi connectivity index (χ3n) is 4.81. The second-order valence-corrected chi connectivity index (χ2v) is 9.06. The van der Waals surface area contributed by atoms with Crippen LogP contribution in [0, 0.1) is 20.8 Å². The van der Waals surface area contributed by atoms with E-state index in [1.54, 1.807) is 0 Å². The number of hydrogen-bond donors (Lipinski definition) is 0. The fourth-order valence-electron chi connectivity index (χ4n) is 3.46. The molecule has 0 aliphatic rings. The SMILES string of the molecule is CC(=Nc1c(C)cc(C)cc1C)c1ccc(/C(C)=N/Oc2ccccc2)n1C.[Cl][Fe][Cl]. The van der Waals surface area contributed by atoms with Crippen LogP contribution in [0.15, 0.2) is 64.7 Å². The predicted molar refractivity (Wildman–Crippen MR) is 129 cm³/mol. The van der Waals surface area contributed by atoms with Crippen molar-refractivity contribution in [2.45, 2.75) is 34.6 Å². The molecule has 4 nitrogen and oxygen atoms in total. The predicted octanol–water partition coefficient (Wildman–Crippen LogP) is 7.27. The van der Waals surface area contributed by atoms with Gasteiger partial charge in [-0.25, -0.2) is 0 Å². The quantitative estimate of drug-likeness (QED) is 0.206. The van der Waals surface area contributed by atoms with Crippen LogP contribution in [0.2, 0.25) is 0 Å². The summed E-state index contributed by atoms with van der Waals surface area (Å²) in [5, 5.41) is 4.28. The Morgan fingerprint density at radius 1 is 0.871 bits per heavy atom. The molecule has 0 spiro atoms. The number of halogens is 2. The van der Waals surface area contributed by atoms with Crippen molar-refractivity contribution < 1.29 is 18.0 Å². The number of benzene rings is 2. The van der Waals surface area contributed by atoms with E-state index in [9.17, 15) is 0 Å². The molecule has 0 aliphatic heterocycles. The van der Waals surface area contributed by atoms with Gasteiger partial charge in [0.1, 0.15) is 5.71 Å². The number of aromatic nitrogens is 1. The summed E-state index contributed by atoms with van der Waals surface area (Å²) in [6.07, 6.45) is 0. The number of nitrogens with zero attached hydrogens (tertiary/aromatic N) is 3. The molecule has 0 N–H and O–H groups in total. The zero-order chi connectivity index (χ0) is 23.0. The van der Waals surface area contributed by atoms with Gasteiger partial charge < -0.3 is 9.40 Å². The van der Waals surface area contributed by atoms with Crippen LogP contribution in [0.4, 0.5) is 5.69 Å². The Morgan fingerprint density at radius 2 is 1.39 bits per heavy atom. The van der Waals surface area contributed by atoms with E-state index in [0.29, 0.717) is 0 Å². The molecule has 2 aromatic carbocycles. The molecule has 0 radical (unpaired) electrons. The Balaban J connectivity index is 0.00000107. The van der Waals surface area contributed by atoms with Gasteiger partial charge in [0.2, 0.25) is 0 Å². The van der Waals surface area contributed by atoms with E-state index in [2.05, 4.69) is 54.8 Å². The monoisotopic (exact) mass is 499 g/mol. The molecular formula is C24H27Cl2FeN3O. The zero-order valence-electron chi connectivity index (χ0n) is 18.6. The van der Waals surface area contributed by atoms with Crippen LogP contribution in [0.1, 0.15) is 41.9 Å². The van der Waals surface area contributed by atoms with Crippen LogP contribution in [-0.2, 0) is 20.2 Å². The molecule has 0 unspecified atom stereocenters. The second kappa shape index (κ2) is 12.1. The van der Waals surface area contributed by atoms with E-state index in [-0.39, 0.29) is 13.1 Å². The summed E-state index contributed by atoms with van der Waals surface area (Å²) in [4.78, 5) is 10.5. The fraction of sp³-hybridized carbons (Fsp3) is 0.250. The third-order valence-corrected chi connectivity index (χ3v) is 4.81. The summed E-state index contributed by atoms with van der Waals surface area (Å²) in [7, 11) is 11.6. The third kappa shape index (κ3) is 6.98. The Hall–Kier alpha value is -2.04. The molecule has 31 heavy (non-hydrogen) atoms. The summed E-state index contributed by atoms with van der Waals surface area (Å²) in [6, 6.07) is 18.1. The van der Waals surface area contributed by atoms with Gasteiger partial charge in [0.05, 0.1) is 22.8 Å². The Bertz CT molecular complexity index is 1050. The molecule has 0 aliphatic carbocycles. The molecule has 0 atom stereocenters. The van der Waals surface area contributed by atoms with Gasteiger partial charge in [-0.1, -0.05) is 41.1 Å². The van der Waals surface area contributed by atoms with E-state index >= 15 is 0 Å². The van der Waals surface area contributed by atoms with Crippen LogP contribution >= 0.6 is 20.2 Å². The number of rotatable bonds is 5. The van der Waals surface area contributed by atoms with Crippen LogP contribution in [0.25, 0.3) is 0 Å². The maximum absolute atomic E-state index is 5.53. The fourth-order valence-corrected chi connectivity index (χ4v) is 3.46. The Labute approximate surface area is 199 Å². The van der Waals surface area contributed by atoms with Crippen molar-refractivity contribution in [2.24, 2.45) is 17.2 Å². The van der Waals surface area contributed by atoms with E-state index in [1.807, 2.05) is 51.2 Å². The molecule has 3 rings (SSSR count). The number of aryl methyl sites for hydroxylation is 3. The van der Waals surface area contributed by atoms with Gasteiger partial charge >= 0.3 is 33.3 Å². The van der Waals surface area contributed by atoms with Gasteiger partial charge in [0, 0.05) is 7.05 Å². The van der Waals surface area contributed by atoms with Gasteiger partial charge in [-0.3, -0.25) is 4.99 Å². The summed E-state index contributed by atoms with van der Waals surface area (Å²) in [6.45, 7) is 10.3. The van der Waals surface area contributed by atoms with Crippen LogP contribution < -0.4 is 4.84 Å². The van der Waals surface area contributed by atoms with Crippen LogP contribution in [0.3, 0.4) is 0 Å². The topological polar surface area (TPSA) is 38.9 Å². The molecule has 3 aromatic rings. The van der Waals surface area contributed by atoms with Gasteiger partial charge in [0.25, 0.3) is 0 Å². The standard InChI is InChI=1S/C24H27N3O.2ClH.Fe/c1-16-14-17(2)24(18(3)15-16)25-19(4)22-12-13-23(27(22)6)20(5)26-28-21-10-8-7-9-11-21;;;/h7-15H,1-6H3;2*1H;/q;;;+2/p-2/b25-19?,26-20+;;;. The van der Waals surface area contributed by atoms with Crippen molar-refractivity contribution in [1.29, 1.82) is 0 Å².